The van der Waals surface area contributed by atoms with Crippen molar-refractivity contribution in [2.24, 2.45) is 0 Å². The van der Waals surface area contributed by atoms with Gasteiger partial charge in [0.15, 0.2) is 0 Å². The minimum atomic E-state index is -3.80. The maximum Gasteiger partial charge on any atom is 0.240 e. The second-order valence-electron chi connectivity index (χ2n) is 4.57. The van der Waals surface area contributed by atoms with Crippen LogP contribution in [0.5, 0.6) is 0 Å². The van der Waals surface area contributed by atoms with Gasteiger partial charge in [-0.05, 0) is 47.0 Å². The van der Waals surface area contributed by atoms with Gasteiger partial charge in [-0.1, -0.05) is 0 Å². The van der Waals surface area contributed by atoms with Crippen LogP contribution in [0.15, 0.2) is 27.6 Å². The summed E-state index contributed by atoms with van der Waals surface area (Å²) >= 11 is 2.95. The first kappa shape index (κ1) is 15.4. The summed E-state index contributed by atoms with van der Waals surface area (Å²) in [5.41, 5.74) is 0. The second-order valence-corrected chi connectivity index (χ2v) is 7.19. The van der Waals surface area contributed by atoms with Crippen molar-refractivity contribution < 1.29 is 17.6 Å². The monoisotopic (exact) mass is 364 g/mol. The first-order chi connectivity index (χ1) is 9.38. The Morgan fingerprint density at radius 2 is 2.10 bits per heavy atom. The van der Waals surface area contributed by atoms with Gasteiger partial charge in [-0.3, -0.25) is 4.79 Å². The maximum absolute atomic E-state index is 13.3. The van der Waals surface area contributed by atoms with Gasteiger partial charge in [0.2, 0.25) is 15.9 Å². The van der Waals surface area contributed by atoms with Crippen LogP contribution in [0.3, 0.4) is 0 Å². The molecule has 0 saturated heterocycles. The Morgan fingerprint density at radius 1 is 1.40 bits per heavy atom. The normalized spacial score (nSPS) is 15.1. The van der Waals surface area contributed by atoms with Crippen molar-refractivity contribution in [3.05, 3.63) is 28.5 Å². The molecule has 0 spiro atoms. The highest BCUT2D eigenvalue weighted by atomic mass is 79.9. The second kappa shape index (κ2) is 6.19. The molecule has 8 heteroatoms. The summed E-state index contributed by atoms with van der Waals surface area (Å²) in [5, 5.41) is 2.76. The van der Waals surface area contributed by atoms with E-state index in [2.05, 4.69) is 26.0 Å². The number of halogens is 2. The summed E-state index contributed by atoms with van der Waals surface area (Å²) in [6.07, 6.45) is 2.03. The highest BCUT2D eigenvalue weighted by Crippen LogP contribution is 2.19. The molecule has 5 nitrogen and oxygen atoms in total. The quantitative estimate of drug-likeness (QED) is 0.803. The molecule has 1 saturated carbocycles. The van der Waals surface area contributed by atoms with Crippen LogP contribution in [0.25, 0.3) is 0 Å². The molecule has 110 valence electrons. The standard InChI is InChI=1S/C12H14BrFN2O3S/c13-10-4-3-9(7-11(10)14)20(18,19)15-6-5-12(17)16-8-1-2-8/h3-4,7-8,15H,1-2,5-6H2,(H,16,17). The summed E-state index contributed by atoms with van der Waals surface area (Å²) in [6.45, 7) is -0.0153. The molecule has 1 amide bonds. The van der Waals surface area contributed by atoms with Crippen molar-refractivity contribution >= 4 is 31.9 Å². The number of amides is 1. The van der Waals surface area contributed by atoms with E-state index in [0.717, 1.165) is 18.9 Å². The molecule has 2 rings (SSSR count). The number of nitrogens with one attached hydrogen (secondary N) is 2. The Kier molecular flexibility index (Phi) is 4.77. The minimum Gasteiger partial charge on any atom is -0.353 e. The van der Waals surface area contributed by atoms with Crippen LogP contribution in [0.1, 0.15) is 19.3 Å². The molecule has 1 aliphatic carbocycles. The molecule has 20 heavy (non-hydrogen) atoms. The molecule has 0 aromatic heterocycles. The van der Waals surface area contributed by atoms with Gasteiger partial charge >= 0.3 is 0 Å². The Bertz CT molecular complexity index is 617. The molecule has 1 fully saturated rings. The van der Waals surface area contributed by atoms with Gasteiger partial charge in [0.1, 0.15) is 5.82 Å². The number of hydrogen-bond acceptors (Lipinski definition) is 3. The maximum atomic E-state index is 13.3. The highest BCUT2D eigenvalue weighted by Gasteiger charge is 2.23. The zero-order valence-corrected chi connectivity index (χ0v) is 12.9. The van der Waals surface area contributed by atoms with Gasteiger partial charge in [0.25, 0.3) is 0 Å². The fourth-order valence-electron chi connectivity index (χ4n) is 1.55. The van der Waals surface area contributed by atoms with E-state index in [9.17, 15) is 17.6 Å². The van der Waals surface area contributed by atoms with Crippen LogP contribution in [0.4, 0.5) is 4.39 Å². The van der Waals surface area contributed by atoms with Crippen molar-refractivity contribution in [2.75, 3.05) is 6.54 Å². The van der Waals surface area contributed by atoms with Crippen molar-refractivity contribution in [1.82, 2.24) is 10.0 Å². The lowest BCUT2D eigenvalue weighted by Gasteiger charge is -2.07. The van der Waals surface area contributed by atoms with Crippen molar-refractivity contribution in [1.29, 1.82) is 0 Å². The first-order valence-electron chi connectivity index (χ1n) is 6.12. The van der Waals surface area contributed by atoms with Crippen LogP contribution < -0.4 is 10.0 Å². The van der Waals surface area contributed by atoms with E-state index in [-0.39, 0.29) is 34.3 Å². The largest absolute Gasteiger partial charge is 0.353 e. The Morgan fingerprint density at radius 3 is 2.70 bits per heavy atom. The first-order valence-corrected chi connectivity index (χ1v) is 8.40. The van der Waals surface area contributed by atoms with E-state index >= 15 is 0 Å². The number of carbonyl (C=O) groups is 1. The van der Waals surface area contributed by atoms with Gasteiger partial charge in [-0.15, -0.1) is 0 Å². The van der Waals surface area contributed by atoms with Gasteiger partial charge in [0, 0.05) is 19.0 Å². The Hall–Kier alpha value is -0.990. The summed E-state index contributed by atoms with van der Waals surface area (Å²) in [7, 11) is -3.80. The molecule has 1 aromatic carbocycles. The third-order valence-corrected chi connectivity index (χ3v) is 4.89. The highest BCUT2D eigenvalue weighted by molar-refractivity contribution is 9.10. The van der Waals surface area contributed by atoms with E-state index in [1.165, 1.54) is 12.1 Å². The Labute approximate surface area is 125 Å². The van der Waals surface area contributed by atoms with Crippen molar-refractivity contribution in [3.63, 3.8) is 0 Å². The van der Waals surface area contributed by atoms with E-state index in [1.807, 2.05) is 0 Å². The molecular formula is C12H14BrFN2O3S. The molecule has 2 N–H and O–H groups in total. The van der Waals surface area contributed by atoms with Gasteiger partial charge in [-0.25, -0.2) is 17.5 Å². The molecule has 0 bridgehead atoms. The summed E-state index contributed by atoms with van der Waals surface area (Å²) in [4.78, 5) is 11.2. The van der Waals surface area contributed by atoms with Crippen LogP contribution in [-0.2, 0) is 14.8 Å². The third-order valence-electron chi connectivity index (χ3n) is 2.79. The molecule has 0 atom stereocenters. The minimum absolute atomic E-state index is 0.0153. The van der Waals surface area contributed by atoms with Crippen LogP contribution in [0.2, 0.25) is 0 Å². The van der Waals surface area contributed by atoms with Gasteiger partial charge in [0.05, 0.1) is 9.37 Å². The zero-order chi connectivity index (χ0) is 14.8. The van der Waals surface area contributed by atoms with E-state index < -0.39 is 15.8 Å². The number of carbonyl (C=O) groups excluding carboxylic acids is 1. The fourth-order valence-corrected chi connectivity index (χ4v) is 2.84. The van der Waals surface area contributed by atoms with E-state index in [0.29, 0.717) is 0 Å². The molecule has 0 heterocycles. The van der Waals surface area contributed by atoms with Crippen LogP contribution in [0, 0.1) is 5.82 Å². The van der Waals surface area contributed by atoms with E-state index in [4.69, 9.17) is 0 Å². The number of sulfonamides is 1. The van der Waals surface area contributed by atoms with Crippen LogP contribution in [-0.4, -0.2) is 26.9 Å². The van der Waals surface area contributed by atoms with Crippen molar-refractivity contribution in [2.45, 2.75) is 30.2 Å². The topological polar surface area (TPSA) is 75.3 Å². The smallest absolute Gasteiger partial charge is 0.240 e. The summed E-state index contributed by atoms with van der Waals surface area (Å²) in [5.74, 6) is -0.837. The van der Waals surface area contributed by atoms with Crippen LogP contribution >= 0.6 is 15.9 Å². The average molecular weight is 365 g/mol. The van der Waals surface area contributed by atoms with Gasteiger partial charge in [-0.2, -0.15) is 0 Å². The lowest BCUT2D eigenvalue weighted by Crippen LogP contribution is -2.31. The number of benzene rings is 1. The third kappa shape index (κ3) is 4.26. The molecule has 0 unspecified atom stereocenters. The SMILES string of the molecule is O=C(CCNS(=O)(=O)c1ccc(Br)c(F)c1)NC1CC1. The predicted molar refractivity (Wildman–Crippen MR) is 75.1 cm³/mol. The molecule has 1 aromatic rings. The zero-order valence-electron chi connectivity index (χ0n) is 10.5. The summed E-state index contributed by atoms with van der Waals surface area (Å²) in [6, 6.07) is 3.79. The molecule has 0 aliphatic heterocycles. The predicted octanol–water partition coefficient (Wildman–Crippen LogP) is 1.54. The van der Waals surface area contributed by atoms with E-state index in [1.54, 1.807) is 0 Å². The summed E-state index contributed by atoms with van der Waals surface area (Å²) < 4.78 is 39.6. The lowest BCUT2D eigenvalue weighted by molar-refractivity contribution is -0.121. The Balaban J connectivity index is 1.89. The number of hydrogen-bond donors (Lipinski definition) is 2. The number of rotatable bonds is 6. The fraction of sp³-hybridized carbons (Fsp3) is 0.417. The van der Waals surface area contributed by atoms with Gasteiger partial charge < -0.3 is 5.32 Å². The molecular weight excluding hydrogens is 351 g/mol. The average Bonchev–Trinajstić information content (AvgIpc) is 3.16. The molecule has 1 aliphatic rings. The lowest BCUT2D eigenvalue weighted by atomic mass is 10.3. The van der Waals surface area contributed by atoms with Crippen molar-refractivity contribution in [3.8, 4) is 0 Å². The molecule has 0 radical (unpaired) electrons.